The Morgan fingerprint density at radius 3 is 2.89 bits per heavy atom. The topological polar surface area (TPSA) is 77.3 Å². The van der Waals surface area contributed by atoms with Crippen molar-refractivity contribution in [1.29, 1.82) is 0 Å². The third-order valence-electron chi connectivity index (χ3n) is 2.36. The first-order chi connectivity index (χ1) is 9.11. The number of ether oxygens (including phenoxy) is 1. The Balaban J connectivity index is 2.40. The van der Waals surface area contributed by atoms with Crippen LogP contribution in [0.4, 0.5) is 11.4 Å². The number of nitro benzene ring substituents is 1. The van der Waals surface area contributed by atoms with Crippen LogP contribution in [0.15, 0.2) is 36.7 Å². The number of pyridine rings is 1. The Kier molecular flexibility index (Phi) is 3.82. The lowest BCUT2D eigenvalue weighted by Gasteiger charge is -2.08. The summed E-state index contributed by atoms with van der Waals surface area (Å²) in [5.74, 6) is 0.368. The highest BCUT2D eigenvalue weighted by atomic mass is 35.5. The standard InChI is InChI=1S/C12H10ClN3O3/c1-14-8-5-9(7-15-6-8)19-12-10(13)3-2-4-11(12)16(17)18/h2-7,14H,1H3. The van der Waals surface area contributed by atoms with Crippen molar-refractivity contribution in [2.45, 2.75) is 0 Å². The van der Waals surface area contributed by atoms with E-state index in [1.54, 1.807) is 19.3 Å². The van der Waals surface area contributed by atoms with Crippen LogP contribution in [-0.2, 0) is 0 Å². The van der Waals surface area contributed by atoms with E-state index in [1.165, 1.54) is 24.4 Å². The summed E-state index contributed by atoms with van der Waals surface area (Å²) in [6.45, 7) is 0. The predicted octanol–water partition coefficient (Wildman–Crippen LogP) is 3.48. The molecule has 19 heavy (non-hydrogen) atoms. The molecule has 0 aliphatic carbocycles. The Hall–Kier alpha value is -2.34. The third kappa shape index (κ3) is 2.92. The lowest BCUT2D eigenvalue weighted by Crippen LogP contribution is -1.95. The highest BCUT2D eigenvalue weighted by Crippen LogP contribution is 2.37. The maximum absolute atomic E-state index is 10.9. The molecule has 0 spiro atoms. The van der Waals surface area contributed by atoms with Crippen molar-refractivity contribution in [3.05, 3.63) is 51.8 Å². The summed E-state index contributed by atoms with van der Waals surface area (Å²) in [5.41, 5.74) is 0.537. The summed E-state index contributed by atoms with van der Waals surface area (Å²) >= 11 is 5.93. The number of benzene rings is 1. The lowest BCUT2D eigenvalue weighted by atomic mass is 10.3. The molecule has 1 N–H and O–H groups in total. The van der Waals surface area contributed by atoms with Crippen molar-refractivity contribution < 1.29 is 9.66 Å². The molecule has 0 aliphatic heterocycles. The molecular weight excluding hydrogens is 270 g/mol. The number of nitrogens with one attached hydrogen (secondary N) is 1. The van der Waals surface area contributed by atoms with E-state index in [-0.39, 0.29) is 16.5 Å². The average Bonchev–Trinajstić information content (AvgIpc) is 2.41. The van der Waals surface area contributed by atoms with E-state index < -0.39 is 4.92 Å². The van der Waals surface area contributed by atoms with Crippen LogP contribution >= 0.6 is 11.6 Å². The second kappa shape index (κ2) is 5.53. The number of para-hydroxylation sites is 1. The maximum Gasteiger partial charge on any atom is 0.313 e. The summed E-state index contributed by atoms with van der Waals surface area (Å²) in [6, 6.07) is 6.02. The second-order valence-electron chi connectivity index (χ2n) is 3.61. The molecular formula is C12H10ClN3O3. The number of aromatic nitrogens is 1. The summed E-state index contributed by atoms with van der Waals surface area (Å²) in [7, 11) is 1.73. The van der Waals surface area contributed by atoms with Crippen LogP contribution in [0, 0.1) is 10.1 Å². The zero-order valence-electron chi connectivity index (χ0n) is 9.96. The molecule has 1 aromatic carbocycles. The second-order valence-corrected chi connectivity index (χ2v) is 4.01. The Morgan fingerprint density at radius 2 is 2.21 bits per heavy atom. The minimum atomic E-state index is -0.545. The summed E-state index contributed by atoms with van der Waals surface area (Å²) < 4.78 is 5.47. The van der Waals surface area contributed by atoms with E-state index in [1.807, 2.05) is 0 Å². The van der Waals surface area contributed by atoms with Crippen LogP contribution in [0.1, 0.15) is 0 Å². The fraction of sp³-hybridized carbons (Fsp3) is 0.0833. The molecule has 0 saturated heterocycles. The first-order valence-electron chi connectivity index (χ1n) is 5.35. The fourth-order valence-corrected chi connectivity index (χ4v) is 1.68. The van der Waals surface area contributed by atoms with Gasteiger partial charge >= 0.3 is 5.69 Å². The van der Waals surface area contributed by atoms with Gasteiger partial charge in [0.2, 0.25) is 5.75 Å². The van der Waals surface area contributed by atoms with Crippen LogP contribution in [-0.4, -0.2) is 17.0 Å². The number of anilines is 1. The Labute approximate surface area is 114 Å². The number of nitro groups is 1. The van der Waals surface area contributed by atoms with Gasteiger partial charge in [-0.15, -0.1) is 0 Å². The fourth-order valence-electron chi connectivity index (χ4n) is 1.47. The van der Waals surface area contributed by atoms with Gasteiger partial charge in [0.05, 0.1) is 28.0 Å². The van der Waals surface area contributed by atoms with Gasteiger partial charge in [-0.3, -0.25) is 15.1 Å². The van der Waals surface area contributed by atoms with Crippen molar-refractivity contribution in [3.8, 4) is 11.5 Å². The van der Waals surface area contributed by atoms with E-state index in [4.69, 9.17) is 16.3 Å². The van der Waals surface area contributed by atoms with Gasteiger partial charge in [-0.05, 0) is 6.07 Å². The normalized spacial score (nSPS) is 10.0. The monoisotopic (exact) mass is 279 g/mol. The lowest BCUT2D eigenvalue weighted by molar-refractivity contribution is -0.385. The van der Waals surface area contributed by atoms with Crippen molar-refractivity contribution in [2.24, 2.45) is 0 Å². The van der Waals surface area contributed by atoms with Crippen molar-refractivity contribution in [1.82, 2.24) is 4.98 Å². The van der Waals surface area contributed by atoms with E-state index in [2.05, 4.69) is 10.3 Å². The van der Waals surface area contributed by atoms with E-state index in [0.717, 1.165) is 5.69 Å². The van der Waals surface area contributed by atoms with E-state index in [0.29, 0.717) is 5.75 Å². The summed E-state index contributed by atoms with van der Waals surface area (Å²) in [5, 5.41) is 14.0. The number of hydrogen-bond donors (Lipinski definition) is 1. The minimum Gasteiger partial charge on any atom is -0.447 e. The molecule has 1 heterocycles. The number of halogens is 1. The molecule has 0 saturated carbocycles. The molecule has 0 atom stereocenters. The molecule has 1 aromatic heterocycles. The number of rotatable bonds is 4. The molecule has 0 radical (unpaired) electrons. The third-order valence-corrected chi connectivity index (χ3v) is 2.66. The highest BCUT2D eigenvalue weighted by molar-refractivity contribution is 6.32. The van der Waals surface area contributed by atoms with Crippen molar-refractivity contribution >= 4 is 23.0 Å². The molecule has 0 aliphatic rings. The highest BCUT2D eigenvalue weighted by Gasteiger charge is 2.19. The minimum absolute atomic E-state index is 0.00391. The Morgan fingerprint density at radius 1 is 1.42 bits per heavy atom. The van der Waals surface area contributed by atoms with Crippen LogP contribution in [0.25, 0.3) is 0 Å². The van der Waals surface area contributed by atoms with Gasteiger partial charge in [0.25, 0.3) is 0 Å². The molecule has 2 aromatic rings. The zero-order valence-corrected chi connectivity index (χ0v) is 10.7. The van der Waals surface area contributed by atoms with Gasteiger partial charge in [0, 0.05) is 19.2 Å². The van der Waals surface area contributed by atoms with Gasteiger partial charge in [0.15, 0.2) is 0 Å². The molecule has 0 amide bonds. The first kappa shape index (κ1) is 13.1. The molecule has 0 bridgehead atoms. The van der Waals surface area contributed by atoms with Gasteiger partial charge in [0.1, 0.15) is 5.75 Å². The van der Waals surface area contributed by atoms with Crippen LogP contribution in [0.3, 0.4) is 0 Å². The number of nitrogens with zero attached hydrogens (tertiary/aromatic N) is 2. The van der Waals surface area contributed by atoms with Crippen LogP contribution in [0.2, 0.25) is 5.02 Å². The van der Waals surface area contributed by atoms with Gasteiger partial charge < -0.3 is 10.1 Å². The molecule has 98 valence electrons. The van der Waals surface area contributed by atoms with Crippen LogP contribution in [0.5, 0.6) is 11.5 Å². The summed E-state index contributed by atoms with van der Waals surface area (Å²) in [4.78, 5) is 14.3. The first-order valence-corrected chi connectivity index (χ1v) is 5.73. The van der Waals surface area contributed by atoms with Gasteiger partial charge in [-0.2, -0.15) is 0 Å². The molecule has 6 nitrogen and oxygen atoms in total. The number of hydrogen-bond acceptors (Lipinski definition) is 5. The Bertz CT molecular complexity index is 619. The van der Waals surface area contributed by atoms with E-state index in [9.17, 15) is 10.1 Å². The molecule has 0 unspecified atom stereocenters. The van der Waals surface area contributed by atoms with Crippen LogP contribution < -0.4 is 10.1 Å². The SMILES string of the molecule is CNc1cncc(Oc2c(Cl)cccc2[N+](=O)[O-])c1. The maximum atomic E-state index is 10.9. The van der Waals surface area contributed by atoms with Crippen molar-refractivity contribution in [3.63, 3.8) is 0 Å². The summed E-state index contributed by atoms with van der Waals surface area (Å²) in [6.07, 6.45) is 3.06. The average molecular weight is 280 g/mol. The van der Waals surface area contributed by atoms with Gasteiger partial charge in [-0.1, -0.05) is 17.7 Å². The van der Waals surface area contributed by atoms with E-state index >= 15 is 0 Å². The predicted molar refractivity (Wildman–Crippen MR) is 72.0 cm³/mol. The molecule has 2 rings (SSSR count). The smallest absolute Gasteiger partial charge is 0.313 e. The molecule has 7 heteroatoms. The molecule has 0 fully saturated rings. The van der Waals surface area contributed by atoms with Gasteiger partial charge in [-0.25, -0.2) is 0 Å². The zero-order chi connectivity index (χ0) is 13.8. The quantitative estimate of drug-likeness (QED) is 0.685. The largest absolute Gasteiger partial charge is 0.447 e. The van der Waals surface area contributed by atoms with Crippen molar-refractivity contribution in [2.75, 3.05) is 12.4 Å².